The highest BCUT2D eigenvalue weighted by atomic mass is 16.4. The van der Waals surface area contributed by atoms with E-state index < -0.39 is 29.4 Å². The molecule has 0 bridgehead atoms. The van der Waals surface area contributed by atoms with Gasteiger partial charge in [0.25, 0.3) is 0 Å². The number of carbonyl (C=O) groups excluding carboxylic acids is 1. The molecule has 3 N–H and O–H groups in total. The van der Waals surface area contributed by atoms with Crippen LogP contribution >= 0.6 is 0 Å². The van der Waals surface area contributed by atoms with Gasteiger partial charge >= 0.3 is 5.97 Å². The molecule has 5 heteroatoms. The molecule has 0 aliphatic heterocycles. The molecule has 1 fully saturated rings. The molecule has 0 spiro atoms. The fourth-order valence-corrected chi connectivity index (χ4v) is 2.25. The predicted octanol–water partition coefficient (Wildman–Crippen LogP) is 1.15. The van der Waals surface area contributed by atoms with Gasteiger partial charge < -0.3 is 15.5 Å². The van der Waals surface area contributed by atoms with Crippen molar-refractivity contribution in [3.63, 3.8) is 0 Å². The Labute approximate surface area is 108 Å². The second-order valence-electron chi connectivity index (χ2n) is 5.72. The Balaban J connectivity index is 2.72. The number of aliphatic carboxylic acids is 1. The third-order valence-electron chi connectivity index (χ3n) is 3.91. The van der Waals surface area contributed by atoms with E-state index in [9.17, 15) is 14.7 Å². The average molecular weight is 257 g/mol. The summed E-state index contributed by atoms with van der Waals surface area (Å²) in [6.45, 7) is 5.07. The van der Waals surface area contributed by atoms with Gasteiger partial charge in [0.15, 0.2) is 0 Å². The first kappa shape index (κ1) is 15.0. The quantitative estimate of drug-likeness (QED) is 0.705. The first-order chi connectivity index (χ1) is 8.25. The van der Waals surface area contributed by atoms with Crippen molar-refractivity contribution in [2.75, 3.05) is 0 Å². The molecule has 0 aromatic heterocycles. The number of nitrogens with one attached hydrogen (secondary N) is 1. The van der Waals surface area contributed by atoms with Crippen LogP contribution in [0.4, 0.5) is 0 Å². The van der Waals surface area contributed by atoms with Crippen molar-refractivity contribution < 1.29 is 19.8 Å². The van der Waals surface area contributed by atoms with Gasteiger partial charge in [0.2, 0.25) is 5.91 Å². The number of aliphatic hydroxyl groups excluding tert-OH is 1. The van der Waals surface area contributed by atoms with Crippen LogP contribution in [0.5, 0.6) is 0 Å². The smallest absolute Gasteiger partial charge is 0.307 e. The zero-order chi connectivity index (χ0) is 13.9. The van der Waals surface area contributed by atoms with Crippen LogP contribution in [0.15, 0.2) is 0 Å². The van der Waals surface area contributed by atoms with E-state index in [1.807, 2.05) is 0 Å². The lowest BCUT2D eigenvalue weighted by molar-refractivity contribution is -0.149. The Morgan fingerprint density at radius 1 is 1.22 bits per heavy atom. The normalized spacial score (nSPS) is 26.4. The average Bonchev–Trinajstić information content (AvgIpc) is 2.28. The number of aliphatic hydroxyl groups is 1. The largest absolute Gasteiger partial charge is 0.481 e. The Morgan fingerprint density at radius 2 is 1.72 bits per heavy atom. The van der Waals surface area contributed by atoms with Gasteiger partial charge in [0.05, 0.1) is 23.5 Å². The summed E-state index contributed by atoms with van der Waals surface area (Å²) in [6, 6.07) is 0. The van der Waals surface area contributed by atoms with E-state index >= 15 is 0 Å². The first-order valence-electron chi connectivity index (χ1n) is 6.48. The van der Waals surface area contributed by atoms with E-state index in [0.717, 1.165) is 12.8 Å². The van der Waals surface area contributed by atoms with E-state index in [1.165, 1.54) is 0 Å². The summed E-state index contributed by atoms with van der Waals surface area (Å²) in [5.74, 6) is -2.23. The summed E-state index contributed by atoms with van der Waals surface area (Å²) in [7, 11) is 0. The fourth-order valence-electron chi connectivity index (χ4n) is 2.25. The number of amides is 1. The van der Waals surface area contributed by atoms with E-state index in [2.05, 4.69) is 5.32 Å². The van der Waals surface area contributed by atoms with Crippen molar-refractivity contribution in [2.45, 2.75) is 58.1 Å². The monoisotopic (exact) mass is 257 g/mol. The minimum Gasteiger partial charge on any atom is -0.481 e. The van der Waals surface area contributed by atoms with Crippen molar-refractivity contribution in [2.24, 2.45) is 11.8 Å². The molecule has 0 radical (unpaired) electrons. The molecule has 1 amide bonds. The van der Waals surface area contributed by atoms with Crippen molar-refractivity contribution in [1.82, 2.24) is 5.32 Å². The first-order valence-corrected chi connectivity index (χ1v) is 6.48. The zero-order valence-electron chi connectivity index (χ0n) is 11.3. The third-order valence-corrected chi connectivity index (χ3v) is 3.91. The number of carbonyl (C=O) groups is 2. The summed E-state index contributed by atoms with van der Waals surface area (Å²) < 4.78 is 0. The molecule has 0 aromatic rings. The minimum absolute atomic E-state index is 0.256. The molecule has 1 rings (SSSR count). The fraction of sp³-hybridized carbons (Fsp3) is 0.846. The molecule has 0 aromatic carbocycles. The molecule has 3 atom stereocenters. The Morgan fingerprint density at radius 3 is 2.17 bits per heavy atom. The van der Waals surface area contributed by atoms with Gasteiger partial charge in [-0.15, -0.1) is 0 Å². The van der Waals surface area contributed by atoms with Crippen LogP contribution < -0.4 is 5.32 Å². The van der Waals surface area contributed by atoms with E-state index in [0.29, 0.717) is 12.8 Å². The second kappa shape index (κ2) is 5.69. The molecule has 3 unspecified atom stereocenters. The number of rotatable bonds is 4. The van der Waals surface area contributed by atoms with Crippen molar-refractivity contribution in [3.05, 3.63) is 0 Å². The van der Waals surface area contributed by atoms with Gasteiger partial charge in [0.1, 0.15) is 0 Å². The minimum atomic E-state index is -0.898. The van der Waals surface area contributed by atoms with Crippen LogP contribution in [0.3, 0.4) is 0 Å². The van der Waals surface area contributed by atoms with E-state index in [-0.39, 0.29) is 5.91 Å². The second-order valence-corrected chi connectivity index (χ2v) is 5.72. The summed E-state index contributed by atoms with van der Waals surface area (Å²) in [5.41, 5.74) is -0.739. The highest BCUT2D eigenvalue weighted by molar-refractivity contribution is 5.85. The Kier molecular flexibility index (Phi) is 4.73. The van der Waals surface area contributed by atoms with Crippen LogP contribution in [-0.2, 0) is 9.59 Å². The number of carboxylic acid groups (broad SMARTS) is 1. The molecule has 0 saturated heterocycles. The van der Waals surface area contributed by atoms with Gasteiger partial charge in [-0.2, -0.15) is 0 Å². The van der Waals surface area contributed by atoms with Crippen molar-refractivity contribution in [1.29, 1.82) is 0 Å². The molecule has 1 saturated carbocycles. The van der Waals surface area contributed by atoms with Gasteiger partial charge in [-0.3, -0.25) is 9.59 Å². The highest BCUT2D eigenvalue weighted by Crippen LogP contribution is 2.31. The maximum Gasteiger partial charge on any atom is 0.307 e. The maximum absolute atomic E-state index is 12.1. The van der Waals surface area contributed by atoms with Gasteiger partial charge in [0, 0.05) is 0 Å². The van der Waals surface area contributed by atoms with Crippen molar-refractivity contribution >= 4 is 11.9 Å². The highest BCUT2D eigenvalue weighted by Gasteiger charge is 2.38. The number of carboxylic acids is 1. The molecule has 104 valence electrons. The van der Waals surface area contributed by atoms with Gasteiger partial charge in [-0.05, 0) is 33.6 Å². The van der Waals surface area contributed by atoms with E-state index in [4.69, 9.17) is 5.11 Å². The standard InChI is InChI=1S/C13H23NO4/c1-8(15)13(2,3)14-11(16)9-6-4-5-7-10(9)12(17)18/h8-10,15H,4-7H2,1-3H3,(H,14,16)(H,17,18). The summed E-state index contributed by atoms with van der Waals surface area (Å²) >= 11 is 0. The number of hydrogen-bond donors (Lipinski definition) is 3. The lowest BCUT2D eigenvalue weighted by Gasteiger charge is -2.34. The number of hydrogen-bond acceptors (Lipinski definition) is 3. The van der Waals surface area contributed by atoms with Gasteiger partial charge in [-0.25, -0.2) is 0 Å². The van der Waals surface area contributed by atoms with Crippen LogP contribution in [-0.4, -0.2) is 33.7 Å². The summed E-state index contributed by atoms with van der Waals surface area (Å²) in [6.07, 6.45) is 2.23. The predicted molar refractivity (Wildman–Crippen MR) is 67.0 cm³/mol. The van der Waals surface area contributed by atoms with Crippen LogP contribution in [0.1, 0.15) is 46.5 Å². The SMILES string of the molecule is CC(O)C(C)(C)NC(=O)C1CCCCC1C(=O)O. The Hall–Kier alpha value is -1.10. The lowest BCUT2D eigenvalue weighted by Crippen LogP contribution is -2.54. The van der Waals surface area contributed by atoms with Gasteiger partial charge in [-0.1, -0.05) is 12.8 Å². The Bertz CT molecular complexity index is 325. The summed E-state index contributed by atoms with van der Waals surface area (Å²) in [5, 5.41) is 21.5. The van der Waals surface area contributed by atoms with Crippen LogP contribution in [0, 0.1) is 11.8 Å². The van der Waals surface area contributed by atoms with E-state index in [1.54, 1.807) is 20.8 Å². The van der Waals surface area contributed by atoms with Crippen molar-refractivity contribution in [3.8, 4) is 0 Å². The molecule has 18 heavy (non-hydrogen) atoms. The topological polar surface area (TPSA) is 86.6 Å². The molecule has 1 aliphatic carbocycles. The molecule has 0 heterocycles. The molecule has 5 nitrogen and oxygen atoms in total. The van der Waals surface area contributed by atoms with Crippen LogP contribution in [0.25, 0.3) is 0 Å². The zero-order valence-corrected chi connectivity index (χ0v) is 11.3. The molecule has 1 aliphatic rings. The summed E-state index contributed by atoms with van der Waals surface area (Å²) in [4.78, 5) is 23.3. The van der Waals surface area contributed by atoms with Crippen LogP contribution in [0.2, 0.25) is 0 Å². The molecular formula is C13H23NO4. The molecular weight excluding hydrogens is 234 g/mol. The maximum atomic E-state index is 12.1. The lowest BCUT2D eigenvalue weighted by atomic mass is 9.78. The third kappa shape index (κ3) is 3.45.